The van der Waals surface area contributed by atoms with E-state index in [-0.39, 0.29) is 18.1 Å². The van der Waals surface area contributed by atoms with E-state index >= 15 is 0 Å². The van der Waals surface area contributed by atoms with E-state index in [2.05, 4.69) is 5.32 Å². The van der Waals surface area contributed by atoms with E-state index in [1.807, 2.05) is 13.8 Å². The molecule has 0 aromatic heterocycles. The van der Waals surface area contributed by atoms with Crippen LogP contribution in [0.15, 0.2) is 0 Å². The van der Waals surface area contributed by atoms with Gasteiger partial charge in [0.1, 0.15) is 11.7 Å². The van der Waals surface area contributed by atoms with Crippen molar-refractivity contribution in [1.82, 2.24) is 5.32 Å². The Kier molecular flexibility index (Phi) is 5.36. The fraction of sp³-hybridized carbons (Fsp3) is 0.917. The van der Waals surface area contributed by atoms with Gasteiger partial charge >= 0.3 is 0 Å². The summed E-state index contributed by atoms with van der Waals surface area (Å²) in [7, 11) is 0. The highest BCUT2D eigenvalue weighted by Crippen LogP contribution is 2.14. The molecule has 2 atom stereocenters. The standard InChI is InChI=1S/C12H23NO4/c1-5-16-10-8-15-7-9(10)13-11(14)12(3,4)17-6-2/h9-10H,5-8H2,1-4H3,(H,13,14)/t9-,10-/m0/s1. The first kappa shape index (κ1) is 14.4. The Hall–Kier alpha value is -0.650. The summed E-state index contributed by atoms with van der Waals surface area (Å²) in [6.07, 6.45) is -0.0543. The van der Waals surface area contributed by atoms with Crippen molar-refractivity contribution in [3.8, 4) is 0 Å². The molecule has 1 rings (SSSR count). The summed E-state index contributed by atoms with van der Waals surface area (Å²) in [6.45, 7) is 9.49. The number of carbonyl (C=O) groups excluding carboxylic acids is 1. The second-order valence-electron chi connectivity index (χ2n) is 4.55. The van der Waals surface area contributed by atoms with Crippen molar-refractivity contribution in [2.75, 3.05) is 26.4 Å². The molecule has 0 bridgehead atoms. The zero-order valence-electron chi connectivity index (χ0n) is 11.1. The van der Waals surface area contributed by atoms with Crippen molar-refractivity contribution in [2.24, 2.45) is 0 Å². The Morgan fingerprint density at radius 2 is 2.06 bits per heavy atom. The van der Waals surface area contributed by atoms with E-state index < -0.39 is 5.60 Å². The number of nitrogens with one attached hydrogen (secondary N) is 1. The first-order valence-corrected chi connectivity index (χ1v) is 6.15. The highest BCUT2D eigenvalue weighted by atomic mass is 16.5. The summed E-state index contributed by atoms with van der Waals surface area (Å²) in [5.74, 6) is -0.125. The molecule has 0 radical (unpaired) electrons. The van der Waals surface area contributed by atoms with Crippen LogP contribution in [-0.2, 0) is 19.0 Å². The smallest absolute Gasteiger partial charge is 0.252 e. The molecule has 0 aromatic rings. The van der Waals surface area contributed by atoms with Crippen LogP contribution in [0.3, 0.4) is 0 Å². The number of ether oxygens (including phenoxy) is 3. The molecule has 5 nitrogen and oxygen atoms in total. The van der Waals surface area contributed by atoms with Crippen molar-refractivity contribution in [1.29, 1.82) is 0 Å². The second kappa shape index (κ2) is 6.33. The molecule has 0 spiro atoms. The number of carbonyl (C=O) groups is 1. The highest BCUT2D eigenvalue weighted by Gasteiger charge is 2.35. The molecule has 1 amide bonds. The maximum absolute atomic E-state index is 12.0. The van der Waals surface area contributed by atoms with Gasteiger partial charge in [0.05, 0.1) is 19.3 Å². The Morgan fingerprint density at radius 1 is 1.35 bits per heavy atom. The van der Waals surface area contributed by atoms with Gasteiger partial charge < -0.3 is 19.5 Å². The molecule has 100 valence electrons. The molecule has 5 heteroatoms. The SMILES string of the molecule is CCO[C@H]1COC[C@@H]1NC(=O)C(C)(C)OCC. The third-order valence-corrected chi connectivity index (χ3v) is 2.78. The van der Waals surface area contributed by atoms with Crippen molar-refractivity contribution < 1.29 is 19.0 Å². The van der Waals surface area contributed by atoms with Crippen LogP contribution in [0.2, 0.25) is 0 Å². The second-order valence-corrected chi connectivity index (χ2v) is 4.55. The third-order valence-electron chi connectivity index (χ3n) is 2.78. The monoisotopic (exact) mass is 245 g/mol. The number of hydrogen-bond acceptors (Lipinski definition) is 4. The molecule has 1 heterocycles. The van der Waals surface area contributed by atoms with E-state index in [9.17, 15) is 4.79 Å². The zero-order chi connectivity index (χ0) is 12.9. The lowest BCUT2D eigenvalue weighted by Gasteiger charge is -2.27. The average Bonchev–Trinajstić information content (AvgIpc) is 2.66. The third kappa shape index (κ3) is 3.94. The van der Waals surface area contributed by atoms with Gasteiger partial charge in [-0.3, -0.25) is 4.79 Å². The van der Waals surface area contributed by atoms with Crippen molar-refractivity contribution in [3.05, 3.63) is 0 Å². The lowest BCUT2D eigenvalue weighted by molar-refractivity contribution is -0.143. The maximum atomic E-state index is 12.0. The van der Waals surface area contributed by atoms with E-state index in [1.165, 1.54) is 0 Å². The summed E-state index contributed by atoms with van der Waals surface area (Å²) in [5, 5.41) is 2.92. The van der Waals surface area contributed by atoms with Crippen LogP contribution in [0.25, 0.3) is 0 Å². The molecule has 1 fully saturated rings. The number of rotatable bonds is 6. The Labute approximate surface area is 103 Å². The largest absolute Gasteiger partial charge is 0.376 e. The first-order valence-electron chi connectivity index (χ1n) is 6.15. The van der Waals surface area contributed by atoms with Crippen molar-refractivity contribution in [3.63, 3.8) is 0 Å². The van der Waals surface area contributed by atoms with Crippen LogP contribution in [-0.4, -0.2) is 50.1 Å². The lowest BCUT2D eigenvalue weighted by Crippen LogP contribution is -2.52. The highest BCUT2D eigenvalue weighted by molar-refractivity contribution is 5.84. The Bertz CT molecular complexity index is 255. The molecular formula is C12H23NO4. The van der Waals surface area contributed by atoms with Gasteiger partial charge in [-0.25, -0.2) is 0 Å². The minimum absolute atomic E-state index is 0.0543. The molecule has 1 saturated heterocycles. The summed E-state index contributed by atoms with van der Waals surface area (Å²) in [6, 6.07) is -0.0813. The van der Waals surface area contributed by atoms with Crippen molar-refractivity contribution in [2.45, 2.75) is 45.4 Å². The van der Waals surface area contributed by atoms with Gasteiger partial charge in [-0.15, -0.1) is 0 Å². The predicted molar refractivity (Wildman–Crippen MR) is 63.9 cm³/mol. The summed E-state index contributed by atoms with van der Waals surface area (Å²) in [5.41, 5.74) is -0.811. The zero-order valence-corrected chi connectivity index (χ0v) is 11.1. The fourth-order valence-corrected chi connectivity index (χ4v) is 1.82. The minimum atomic E-state index is -0.811. The van der Waals surface area contributed by atoms with E-state index in [0.717, 1.165) is 0 Å². The molecule has 0 saturated carbocycles. The molecular weight excluding hydrogens is 222 g/mol. The number of hydrogen-bond donors (Lipinski definition) is 1. The molecule has 1 aliphatic heterocycles. The summed E-state index contributed by atoms with van der Waals surface area (Å²) >= 11 is 0. The number of amides is 1. The van der Waals surface area contributed by atoms with Gasteiger partial charge in [-0.05, 0) is 27.7 Å². The fourth-order valence-electron chi connectivity index (χ4n) is 1.82. The van der Waals surface area contributed by atoms with Crippen molar-refractivity contribution >= 4 is 5.91 Å². The van der Waals surface area contributed by atoms with Gasteiger partial charge in [0, 0.05) is 13.2 Å². The first-order chi connectivity index (χ1) is 8.01. The Morgan fingerprint density at radius 3 is 2.65 bits per heavy atom. The van der Waals surface area contributed by atoms with Crippen LogP contribution in [0.1, 0.15) is 27.7 Å². The van der Waals surface area contributed by atoms with E-state index in [1.54, 1.807) is 13.8 Å². The topological polar surface area (TPSA) is 56.8 Å². The van der Waals surface area contributed by atoms with Gasteiger partial charge in [0.15, 0.2) is 0 Å². The van der Waals surface area contributed by atoms with Gasteiger partial charge in [-0.1, -0.05) is 0 Å². The van der Waals surface area contributed by atoms with Gasteiger partial charge in [0.2, 0.25) is 0 Å². The Balaban J connectivity index is 2.50. The predicted octanol–water partition coefficient (Wildman–Crippen LogP) is 0.722. The van der Waals surface area contributed by atoms with Gasteiger partial charge in [0.25, 0.3) is 5.91 Å². The normalized spacial score (nSPS) is 24.9. The quantitative estimate of drug-likeness (QED) is 0.749. The molecule has 0 aliphatic carbocycles. The molecule has 1 aliphatic rings. The molecule has 17 heavy (non-hydrogen) atoms. The maximum Gasteiger partial charge on any atom is 0.252 e. The minimum Gasteiger partial charge on any atom is -0.376 e. The van der Waals surface area contributed by atoms with Crippen LogP contribution < -0.4 is 5.32 Å². The molecule has 0 unspecified atom stereocenters. The molecule has 0 aromatic carbocycles. The average molecular weight is 245 g/mol. The lowest BCUT2D eigenvalue weighted by atomic mass is 10.1. The van der Waals surface area contributed by atoms with E-state index in [0.29, 0.717) is 26.4 Å². The van der Waals surface area contributed by atoms with Crippen LogP contribution in [0.5, 0.6) is 0 Å². The molecule has 1 N–H and O–H groups in total. The van der Waals surface area contributed by atoms with Crippen LogP contribution in [0, 0.1) is 0 Å². The van der Waals surface area contributed by atoms with Crippen LogP contribution in [0.4, 0.5) is 0 Å². The van der Waals surface area contributed by atoms with Crippen LogP contribution >= 0.6 is 0 Å². The summed E-state index contributed by atoms with van der Waals surface area (Å²) in [4.78, 5) is 12.0. The van der Waals surface area contributed by atoms with Gasteiger partial charge in [-0.2, -0.15) is 0 Å². The van der Waals surface area contributed by atoms with E-state index in [4.69, 9.17) is 14.2 Å². The summed E-state index contributed by atoms with van der Waals surface area (Å²) < 4.78 is 16.2.